The van der Waals surface area contributed by atoms with Crippen LogP contribution in [-0.4, -0.2) is 17.1 Å². The molecule has 0 aliphatic heterocycles. The third-order valence-corrected chi connectivity index (χ3v) is 3.11. The van der Waals surface area contributed by atoms with E-state index in [0.29, 0.717) is 18.2 Å². The smallest absolute Gasteiger partial charge is 0.169 e. The van der Waals surface area contributed by atoms with Crippen molar-refractivity contribution in [3.8, 4) is 0 Å². The van der Waals surface area contributed by atoms with Crippen LogP contribution in [0.15, 0.2) is 47.1 Å². The van der Waals surface area contributed by atoms with Crippen LogP contribution in [0, 0.1) is 5.82 Å². The van der Waals surface area contributed by atoms with E-state index in [9.17, 15) is 4.39 Å². The highest BCUT2D eigenvalue weighted by atomic mass is 32.1. The van der Waals surface area contributed by atoms with E-state index in [1.165, 1.54) is 12.1 Å². The van der Waals surface area contributed by atoms with Crippen molar-refractivity contribution in [2.24, 2.45) is 0 Å². The molecule has 1 heterocycles. The van der Waals surface area contributed by atoms with Crippen LogP contribution in [0.5, 0.6) is 0 Å². The maximum Gasteiger partial charge on any atom is 0.169 e. The van der Waals surface area contributed by atoms with Crippen LogP contribution in [0.3, 0.4) is 0 Å². The van der Waals surface area contributed by atoms with Gasteiger partial charge >= 0.3 is 0 Å². The van der Waals surface area contributed by atoms with Crippen LogP contribution in [0.25, 0.3) is 0 Å². The van der Waals surface area contributed by atoms with E-state index in [0.717, 1.165) is 11.3 Å². The van der Waals surface area contributed by atoms with Crippen molar-refractivity contribution in [3.05, 3.63) is 59.8 Å². The minimum atomic E-state index is -0.236. The molecule has 0 atom stereocenters. The van der Waals surface area contributed by atoms with E-state index < -0.39 is 0 Å². The highest BCUT2D eigenvalue weighted by Crippen LogP contribution is 2.07. The molecule has 0 saturated heterocycles. The van der Waals surface area contributed by atoms with Gasteiger partial charge in [-0.3, -0.25) is 0 Å². The lowest BCUT2D eigenvalue weighted by Gasteiger charge is -2.20. The van der Waals surface area contributed by atoms with E-state index in [4.69, 9.17) is 16.6 Å². The van der Waals surface area contributed by atoms with Gasteiger partial charge in [0.15, 0.2) is 5.11 Å². The number of rotatable bonds is 4. The van der Waals surface area contributed by atoms with Gasteiger partial charge in [-0.2, -0.15) is 0 Å². The van der Waals surface area contributed by atoms with Crippen molar-refractivity contribution < 1.29 is 8.81 Å². The average Bonchev–Trinajstić information content (AvgIpc) is 2.89. The summed E-state index contributed by atoms with van der Waals surface area (Å²) in [6.45, 7) is 1.10. The molecular weight excluding hydrogens is 263 g/mol. The molecule has 1 aromatic heterocycles. The average molecular weight is 278 g/mol. The first-order valence-electron chi connectivity index (χ1n) is 5.91. The second kappa shape index (κ2) is 6.33. The van der Waals surface area contributed by atoms with Gasteiger partial charge in [0, 0.05) is 13.6 Å². The van der Waals surface area contributed by atoms with Gasteiger partial charge in [0.25, 0.3) is 0 Å². The molecule has 0 bridgehead atoms. The summed E-state index contributed by atoms with van der Waals surface area (Å²) in [7, 11) is 1.86. The van der Waals surface area contributed by atoms with Gasteiger partial charge in [0.1, 0.15) is 11.6 Å². The van der Waals surface area contributed by atoms with Crippen molar-refractivity contribution in [2.45, 2.75) is 13.1 Å². The summed E-state index contributed by atoms with van der Waals surface area (Å²) in [5.41, 5.74) is 0.879. The molecule has 2 aromatic rings. The van der Waals surface area contributed by atoms with Crippen molar-refractivity contribution in [1.29, 1.82) is 0 Å². The first-order valence-corrected chi connectivity index (χ1v) is 6.32. The lowest BCUT2D eigenvalue weighted by molar-refractivity contribution is 0.467. The predicted molar refractivity (Wildman–Crippen MR) is 76.0 cm³/mol. The molecule has 100 valence electrons. The number of nitrogens with one attached hydrogen (secondary N) is 1. The zero-order valence-electron chi connectivity index (χ0n) is 10.6. The van der Waals surface area contributed by atoms with E-state index >= 15 is 0 Å². The first kappa shape index (κ1) is 13.5. The largest absolute Gasteiger partial charge is 0.467 e. The quantitative estimate of drug-likeness (QED) is 0.871. The Bertz CT molecular complexity index is 542. The van der Waals surface area contributed by atoms with Gasteiger partial charge < -0.3 is 14.6 Å². The second-order valence-corrected chi connectivity index (χ2v) is 4.61. The van der Waals surface area contributed by atoms with Crippen molar-refractivity contribution >= 4 is 17.3 Å². The lowest BCUT2D eigenvalue weighted by atomic mass is 10.2. The third kappa shape index (κ3) is 4.06. The fourth-order valence-electron chi connectivity index (χ4n) is 1.69. The fraction of sp³-hybridized carbons (Fsp3) is 0.214. The standard InChI is InChI=1S/C14H15FN2OS/c1-17(10-11-4-2-5-12(15)8-11)14(19)16-9-13-6-3-7-18-13/h2-8H,9-10H2,1H3,(H,16,19). The Labute approximate surface area is 117 Å². The van der Waals surface area contributed by atoms with E-state index in [-0.39, 0.29) is 5.82 Å². The Hall–Kier alpha value is -1.88. The predicted octanol–water partition coefficient (Wildman–Crippen LogP) is 2.93. The fourth-order valence-corrected chi connectivity index (χ4v) is 1.83. The summed E-state index contributed by atoms with van der Waals surface area (Å²) in [5.74, 6) is 0.585. The number of thiocarbonyl (C=S) groups is 1. The zero-order chi connectivity index (χ0) is 13.7. The van der Waals surface area contributed by atoms with Gasteiger partial charge in [-0.15, -0.1) is 0 Å². The number of furan rings is 1. The Morgan fingerprint density at radius 2 is 2.21 bits per heavy atom. The first-order chi connectivity index (χ1) is 9.15. The molecule has 0 spiro atoms. The molecule has 3 nitrogen and oxygen atoms in total. The molecule has 0 amide bonds. The van der Waals surface area contributed by atoms with Gasteiger partial charge in [-0.1, -0.05) is 12.1 Å². The number of nitrogens with zero attached hydrogens (tertiary/aromatic N) is 1. The lowest BCUT2D eigenvalue weighted by Crippen LogP contribution is -2.36. The van der Waals surface area contributed by atoms with Crippen molar-refractivity contribution in [2.75, 3.05) is 7.05 Å². The Morgan fingerprint density at radius 3 is 2.89 bits per heavy atom. The molecule has 5 heteroatoms. The molecular formula is C14H15FN2OS. The summed E-state index contributed by atoms with van der Waals surface area (Å²) in [5, 5.41) is 3.69. The van der Waals surface area contributed by atoms with E-state index in [1.807, 2.05) is 30.1 Å². The topological polar surface area (TPSA) is 28.4 Å². The number of benzene rings is 1. The van der Waals surface area contributed by atoms with Crippen LogP contribution in [-0.2, 0) is 13.1 Å². The summed E-state index contributed by atoms with van der Waals surface area (Å²) >= 11 is 5.26. The Balaban J connectivity index is 1.85. The highest BCUT2D eigenvalue weighted by Gasteiger charge is 2.06. The van der Waals surface area contributed by atoms with Crippen LogP contribution in [0.1, 0.15) is 11.3 Å². The van der Waals surface area contributed by atoms with Gasteiger partial charge in [0.05, 0.1) is 12.8 Å². The third-order valence-electron chi connectivity index (χ3n) is 2.65. The van der Waals surface area contributed by atoms with Crippen molar-refractivity contribution in [3.63, 3.8) is 0 Å². The monoisotopic (exact) mass is 278 g/mol. The summed E-state index contributed by atoms with van der Waals surface area (Å²) in [6, 6.07) is 10.2. The minimum absolute atomic E-state index is 0.236. The molecule has 1 N–H and O–H groups in total. The van der Waals surface area contributed by atoms with Crippen LogP contribution in [0.2, 0.25) is 0 Å². The van der Waals surface area contributed by atoms with E-state index in [1.54, 1.807) is 12.3 Å². The second-order valence-electron chi connectivity index (χ2n) is 4.22. The van der Waals surface area contributed by atoms with Crippen LogP contribution >= 0.6 is 12.2 Å². The number of hydrogen-bond donors (Lipinski definition) is 1. The molecule has 0 fully saturated rings. The molecule has 2 rings (SSSR count). The molecule has 0 aliphatic rings. The maximum atomic E-state index is 13.1. The van der Waals surface area contributed by atoms with Gasteiger partial charge in [0.2, 0.25) is 0 Å². The molecule has 0 saturated carbocycles. The van der Waals surface area contributed by atoms with Crippen LogP contribution in [0.4, 0.5) is 4.39 Å². The number of halogens is 1. The summed E-state index contributed by atoms with van der Waals surface area (Å²) in [4.78, 5) is 1.85. The molecule has 0 aliphatic carbocycles. The van der Waals surface area contributed by atoms with E-state index in [2.05, 4.69) is 5.32 Å². The normalized spacial score (nSPS) is 10.2. The maximum absolute atomic E-state index is 13.1. The molecule has 0 unspecified atom stereocenters. The molecule has 1 aromatic carbocycles. The van der Waals surface area contributed by atoms with Gasteiger partial charge in [-0.05, 0) is 42.0 Å². The molecule has 0 radical (unpaired) electrons. The zero-order valence-corrected chi connectivity index (χ0v) is 11.4. The Kier molecular flexibility index (Phi) is 4.52. The minimum Gasteiger partial charge on any atom is -0.467 e. The summed E-state index contributed by atoms with van der Waals surface area (Å²) in [6.07, 6.45) is 1.62. The van der Waals surface area contributed by atoms with Crippen LogP contribution < -0.4 is 5.32 Å². The SMILES string of the molecule is CN(Cc1cccc(F)c1)C(=S)NCc1ccco1. The molecule has 19 heavy (non-hydrogen) atoms. The van der Waals surface area contributed by atoms with Crippen molar-refractivity contribution in [1.82, 2.24) is 10.2 Å². The number of hydrogen-bond acceptors (Lipinski definition) is 2. The van der Waals surface area contributed by atoms with Gasteiger partial charge in [-0.25, -0.2) is 4.39 Å². The summed E-state index contributed by atoms with van der Waals surface area (Å²) < 4.78 is 18.3. The highest BCUT2D eigenvalue weighted by molar-refractivity contribution is 7.80. The Morgan fingerprint density at radius 1 is 1.37 bits per heavy atom.